The fourth-order valence-corrected chi connectivity index (χ4v) is 5.86. The van der Waals surface area contributed by atoms with Gasteiger partial charge in [-0.2, -0.15) is 28.1 Å². The van der Waals surface area contributed by atoms with E-state index < -0.39 is 53.9 Å². The monoisotopic (exact) mass is 761 g/mol. The van der Waals surface area contributed by atoms with Gasteiger partial charge < -0.3 is 35.8 Å². The Bertz CT molecular complexity index is 1770. The summed E-state index contributed by atoms with van der Waals surface area (Å²) in [6, 6.07) is 11.2. The summed E-state index contributed by atoms with van der Waals surface area (Å²) in [5.74, 6) is -2.69. The Morgan fingerprint density at radius 3 is 2.26 bits per heavy atom. The lowest BCUT2D eigenvalue weighted by atomic mass is 9.94. The van der Waals surface area contributed by atoms with E-state index in [1.807, 2.05) is 12.1 Å². The van der Waals surface area contributed by atoms with Crippen LogP contribution in [0.25, 0.3) is 0 Å². The molecule has 14 nitrogen and oxygen atoms in total. The van der Waals surface area contributed by atoms with Gasteiger partial charge in [-0.25, -0.2) is 4.79 Å². The molecule has 2 fully saturated rings. The molecule has 0 spiro atoms. The fraction of sp³-hybridized carbons (Fsp3) is 0.457. The third-order valence-electron chi connectivity index (χ3n) is 8.88. The van der Waals surface area contributed by atoms with Crippen LogP contribution in [0.4, 0.5) is 30.8 Å². The zero-order valence-electron chi connectivity index (χ0n) is 28.7. The maximum absolute atomic E-state index is 13.1. The lowest BCUT2D eigenvalue weighted by molar-refractivity contribution is -0.154. The Kier molecular flexibility index (Phi) is 12.7. The van der Waals surface area contributed by atoms with Gasteiger partial charge in [0.2, 0.25) is 17.7 Å². The molecule has 0 bridgehead atoms. The average molecular weight is 762 g/mol. The Labute approximate surface area is 307 Å². The molecule has 2 amide bonds. The van der Waals surface area contributed by atoms with Crippen LogP contribution in [0, 0.1) is 11.8 Å². The van der Waals surface area contributed by atoms with Crippen molar-refractivity contribution in [3.8, 4) is 6.01 Å². The van der Waals surface area contributed by atoms with E-state index in [-0.39, 0.29) is 49.4 Å². The maximum atomic E-state index is 13.1. The molecule has 18 heteroatoms. The Morgan fingerprint density at radius 1 is 0.981 bits per heavy atom. The minimum atomic E-state index is -4.63. The number of anilines is 3. The number of ether oxygens (including phenoxy) is 2. The number of benzene rings is 2. The molecular weight excluding hydrogens is 723 g/mol. The van der Waals surface area contributed by atoms with Crippen LogP contribution in [0.1, 0.15) is 60.9 Å². The number of hydrogen-bond donors (Lipinski definition) is 5. The minimum absolute atomic E-state index is 0.0262. The minimum Gasteiger partial charge on any atom is -0.467 e. The van der Waals surface area contributed by atoms with Gasteiger partial charge in [0, 0.05) is 35.8 Å². The lowest BCUT2D eigenvalue weighted by Gasteiger charge is -2.19. The summed E-state index contributed by atoms with van der Waals surface area (Å²) in [5.41, 5.74) is 0.846. The van der Waals surface area contributed by atoms with E-state index in [0.717, 1.165) is 25.5 Å². The molecule has 1 unspecified atom stereocenters. The number of aromatic nitrogens is 3. The Morgan fingerprint density at radius 2 is 1.66 bits per heavy atom. The van der Waals surface area contributed by atoms with Crippen LogP contribution in [0.3, 0.4) is 0 Å². The first-order valence-electron chi connectivity index (χ1n) is 16.9. The van der Waals surface area contributed by atoms with E-state index in [4.69, 9.17) is 21.1 Å². The molecule has 0 aliphatic heterocycles. The number of halogens is 4. The zero-order chi connectivity index (χ0) is 38.2. The number of methoxy groups -OCH3 is 1. The number of nitrogens with zero attached hydrogens (tertiary/aromatic N) is 3. The van der Waals surface area contributed by atoms with Crippen LogP contribution in [0.5, 0.6) is 6.01 Å². The highest BCUT2D eigenvalue weighted by Crippen LogP contribution is 2.48. The SMILES string of the molecule is COC(=O)[C@H](CCNC(=O)C(=O)CC(CCO)C1CC1)NC(=O)c1ccc(Nc2nc(NC3(c4ccc(Cl)cc4)CC3)nc(OCC(F)(F)F)n2)cc1. The van der Waals surface area contributed by atoms with E-state index in [9.17, 15) is 37.5 Å². The zero-order valence-corrected chi connectivity index (χ0v) is 29.4. The topological polar surface area (TPSA) is 194 Å². The molecule has 1 aromatic heterocycles. The molecule has 2 saturated carbocycles. The number of carbonyl (C=O) groups is 4. The summed E-state index contributed by atoms with van der Waals surface area (Å²) >= 11 is 6.03. The number of esters is 1. The largest absolute Gasteiger partial charge is 0.467 e. The van der Waals surface area contributed by atoms with E-state index in [1.165, 1.54) is 24.3 Å². The van der Waals surface area contributed by atoms with E-state index in [0.29, 0.717) is 35.9 Å². The van der Waals surface area contributed by atoms with Crippen molar-refractivity contribution in [3.05, 3.63) is 64.7 Å². The van der Waals surface area contributed by atoms with Gasteiger partial charge in [-0.1, -0.05) is 23.7 Å². The first-order chi connectivity index (χ1) is 25.3. The number of aliphatic hydroxyl groups excluding tert-OH is 1. The molecule has 5 rings (SSSR count). The molecule has 53 heavy (non-hydrogen) atoms. The smallest absolute Gasteiger partial charge is 0.422 e. The molecule has 5 N–H and O–H groups in total. The summed E-state index contributed by atoms with van der Waals surface area (Å²) in [5, 5.41) is 20.9. The number of carbonyl (C=O) groups excluding carboxylic acids is 4. The van der Waals surface area contributed by atoms with Crippen molar-refractivity contribution in [1.29, 1.82) is 0 Å². The van der Waals surface area contributed by atoms with E-state index in [2.05, 4.69) is 36.2 Å². The average Bonchev–Trinajstić information content (AvgIpc) is 4.07. The number of Topliss-reactive ketones (excluding diaryl/α,β-unsaturated/α-hetero) is 1. The van der Waals surface area contributed by atoms with Crippen molar-refractivity contribution >= 4 is 52.8 Å². The fourth-order valence-electron chi connectivity index (χ4n) is 5.74. The summed E-state index contributed by atoms with van der Waals surface area (Å²) in [7, 11) is 1.15. The maximum Gasteiger partial charge on any atom is 0.422 e. The first kappa shape index (κ1) is 39.2. The van der Waals surface area contributed by atoms with Gasteiger partial charge in [0.25, 0.3) is 11.8 Å². The van der Waals surface area contributed by atoms with Crippen LogP contribution < -0.4 is 26.0 Å². The number of hydrogen-bond acceptors (Lipinski definition) is 12. The highest BCUT2D eigenvalue weighted by molar-refractivity contribution is 6.36. The molecule has 284 valence electrons. The second-order valence-corrected chi connectivity index (χ2v) is 13.4. The number of nitrogens with one attached hydrogen (secondary N) is 4. The third kappa shape index (κ3) is 11.5. The van der Waals surface area contributed by atoms with Crippen LogP contribution in [0.2, 0.25) is 5.02 Å². The summed E-state index contributed by atoms with van der Waals surface area (Å²) in [6.07, 6.45) is -0.863. The van der Waals surface area contributed by atoms with Crippen LogP contribution >= 0.6 is 11.6 Å². The number of ketones is 1. The Balaban J connectivity index is 1.20. The van der Waals surface area contributed by atoms with Crippen molar-refractivity contribution in [2.45, 2.75) is 62.7 Å². The molecule has 2 aliphatic carbocycles. The van der Waals surface area contributed by atoms with Gasteiger partial charge in [-0.15, -0.1) is 0 Å². The van der Waals surface area contributed by atoms with Gasteiger partial charge in [0.15, 0.2) is 6.61 Å². The molecular formula is C35H39ClF3N7O7. The molecule has 2 aliphatic rings. The molecule has 3 aromatic rings. The van der Waals surface area contributed by atoms with Crippen molar-refractivity contribution in [2.75, 3.05) is 37.5 Å². The molecule has 0 radical (unpaired) electrons. The third-order valence-corrected chi connectivity index (χ3v) is 9.13. The normalized spacial score (nSPS) is 15.7. The predicted molar refractivity (Wildman–Crippen MR) is 186 cm³/mol. The number of alkyl halides is 3. The van der Waals surface area contributed by atoms with Crippen LogP contribution in [-0.2, 0) is 24.7 Å². The number of rotatable bonds is 19. The predicted octanol–water partition coefficient (Wildman–Crippen LogP) is 4.46. The van der Waals surface area contributed by atoms with E-state index in [1.54, 1.807) is 12.1 Å². The number of aliphatic hydroxyl groups is 1. The first-order valence-corrected chi connectivity index (χ1v) is 17.3. The lowest BCUT2D eigenvalue weighted by Crippen LogP contribution is -2.44. The van der Waals surface area contributed by atoms with Gasteiger partial charge >= 0.3 is 18.2 Å². The van der Waals surface area contributed by atoms with Crippen LogP contribution in [0.15, 0.2) is 48.5 Å². The van der Waals surface area contributed by atoms with Crippen molar-refractivity contribution < 1.29 is 46.9 Å². The molecule has 0 saturated heterocycles. The van der Waals surface area contributed by atoms with Gasteiger partial charge in [0.05, 0.1) is 12.6 Å². The van der Waals surface area contributed by atoms with Crippen molar-refractivity contribution in [3.63, 3.8) is 0 Å². The molecule has 2 atom stereocenters. The number of amides is 2. The van der Waals surface area contributed by atoms with Gasteiger partial charge in [0.1, 0.15) is 6.04 Å². The van der Waals surface area contributed by atoms with Gasteiger partial charge in [-0.3, -0.25) is 14.4 Å². The Hall–Kier alpha value is -5.03. The second kappa shape index (κ2) is 17.2. The van der Waals surface area contributed by atoms with Gasteiger partial charge in [-0.05, 0) is 92.3 Å². The summed E-state index contributed by atoms with van der Waals surface area (Å²) < 4.78 is 48.5. The second-order valence-electron chi connectivity index (χ2n) is 12.9. The van der Waals surface area contributed by atoms with Crippen molar-refractivity contribution in [1.82, 2.24) is 25.6 Å². The standard InChI is InChI=1S/C35H39ClF3N7O7/c1-52-30(51)26(12-16-40-29(50)27(48)18-22(13-17-47)20-2-3-20)42-28(49)21-4-10-25(11-5-21)41-31-43-32(45-33(44-31)53-19-35(37,38)39)46-34(14-15-34)23-6-8-24(36)9-7-23/h4-11,20,22,26,47H,2-3,12-19H2,1H3,(H,40,50)(H,42,49)(H2,41,43,44,45,46)/t22?,26-/m0/s1. The molecule has 2 aromatic carbocycles. The quantitative estimate of drug-likeness (QED) is 0.0853. The van der Waals surface area contributed by atoms with Crippen LogP contribution in [-0.4, -0.2) is 82.7 Å². The van der Waals surface area contributed by atoms with E-state index >= 15 is 0 Å². The summed E-state index contributed by atoms with van der Waals surface area (Å²) in [4.78, 5) is 62.6. The highest BCUT2D eigenvalue weighted by atomic mass is 35.5. The van der Waals surface area contributed by atoms with Crippen molar-refractivity contribution in [2.24, 2.45) is 11.8 Å². The summed E-state index contributed by atoms with van der Waals surface area (Å²) in [6.45, 7) is -1.78. The highest BCUT2D eigenvalue weighted by Gasteiger charge is 2.45. The molecule has 1 heterocycles.